The largest absolute Gasteiger partial charge is 0.465 e. The van der Waals surface area contributed by atoms with Gasteiger partial charge in [-0.25, -0.2) is 22.7 Å². The number of hydrogen-bond acceptors (Lipinski definition) is 4. The van der Waals surface area contributed by atoms with Crippen LogP contribution in [-0.4, -0.2) is 42.6 Å². The number of rotatable bonds is 6. The van der Waals surface area contributed by atoms with E-state index in [1.54, 1.807) is 6.92 Å². The number of carbonyl (C=O) groups excluding carboxylic acids is 1. The highest BCUT2D eigenvalue weighted by Crippen LogP contribution is 2.32. The lowest BCUT2D eigenvalue weighted by Crippen LogP contribution is -2.43. The monoisotopic (exact) mass is 437 g/mol. The quantitative estimate of drug-likeness (QED) is 0.609. The first-order valence-electron chi connectivity index (χ1n) is 10.0. The molecule has 1 saturated heterocycles. The van der Waals surface area contributed by atoms with E-state index in [9.17, 15) is 23.1 Å². The van der Waals surface area contributed by atoms with E-state index < -0.39 is 27.7 Å². The van der Waals surface area contributed by atoms with Crippen LogP contribution in [0.1, 0.15) is 70.4 Å². The Morgan fingerprint density at radius 3 is 2.23 bits per heavy atom. The van der Waals surface area contributed by atoms with E-state index in [4.69, 9.17) is 0 Å². The molecule has 0 bridgehead atoms. The molecule has 0 aromatic heterocycles. The molecule has 0 aliphatic carbocycles. The van der Waals surface area contributed by atoms with Crippen molar-refractivity contribution in [3.63, 3.8) is 0 Å². The lowest BCUT2D eigenvalue weighted by atomic mass is 9.93. The smallest absolute Gasteiger partial charge is 0.407 e. The molecule has 3 amide bonds. The number of nitrogens with zero attached hydrogens (tertiary/aromatic N) is 1. The Balaban J connectivity index is 2.19. The van der Waals surface area contributed by atoms with Crippen LogP contribution in [0.5, 0.6) is 0 Å². The zero-order valence-electron chi connectivity index (χ0n) is 18.1. The zero-order valence-corrected chi connectivity index (χ0v) is 18.9. The Hall–Kier alpha value is -2.55. The molecule has 8 nitrogen and oxygen atoms in total. The van der Waals surface area contributed by atoms with Gasteiger partial charge in [0, 0.05) is 17.6 Å². The molecule has 1 heterocycles. The summed E-state index contributed by atoms with van der Waals surface area (Å²) >= 11 is 0. The fraction of sp³-hybridized carbons (Fsp3) is 0.524. The number of carbonyl (C=O) groups is 2. The molecule has 166 valence electrons. The van der Waals surface area contributed by atoms with Gasteiger partial charge in [0.2, 0.25) is 0 Å². The number of urea groups is 1. The third kappa shape index (κ3) is 5.53. The van der Waals surface area contributed by atoms with Crippen LogP contribution in [0.3, 0.4) is 0 Å². The molecule has 1 aliphatic rings. The van der Waals surface area contributed by atoms with Gasteiger partial charge in [0.25, 0.3) is 10.0 Å². The minimum atomic E-state index is -4.10. The Kier molecular flexibility index (Phi) is 7.18. The molecule has 1 aliphatic heterocycles. The fourth-order valence-corrected chi connectivity index (χ4v) is 4.56. The van der Waals surface area contributed by atoms with Crippen molar-refractivity contribution >= 4 is 27.8 Å². The lowest BCUT2D eigenvalue weighted by molar-refractivity contribution is 0.126. The van der Waals surface area contributed by atoms with Crippen molar-refractivity contribution in [1.82, 2.24) is 9.62 Å². The Labute approximate surface area is 178 Å². The number of carboxylic acid groups (broad SMARTS) is 1. The summed E-state index contributed by atoms with van der Waals surface area (Å²) in [6.45, 7) is 10.00. The molecule has 30 heavy (non-hydrogen) atoms. The second-order valence-corrected chi connectivity index (χ2v) is 9.99. The SMILES string of the molecule is CC(C)c1cccc(C(C)C)c1NC(=O)NS(=O)(=O)C=CC1(C)CCCN1C(=O)O. The standard InChI is InChI=1S/C21H31N3O5S/c1-14(2)16-8-6-9-17(15(3)4)18(16)22-19(25)23-30(28,29)13-11-21(5)10-7-12-24(21)20(26)27/h6,8-9,11,13-15H,7,10,12H2,1-5H3,(H,26,27)(H2,22,23,25). The predicted octanol–water partition coefficient (Wildman–Crippen LogP) is 4.43. The highest BCUT2D eigenvalue weighted by atomic mass is 32.2. The van der Waals surface area contributed by atoms with Gasteiger partial charge in [-0.15, -0.1) is 0 Å². The van der Waals surface area contributed by atoms with Crippen LogP contribution in [0.25, 0.3) is 0 Å². The summed E-state index contributed by atoms with van der Waals surface area (Å²) in [5.74, 6) is 0.277. The lowest BCUT2D eigenvalue weighted by Gasteiger charge is -2.29. The first-order valence-corrected chi connectivity index (χ1v) is 11.6. The molecule has 9 heteroatoms. The number of likely N-dealkylation sites (tertiary alicyclic amines) is 1. The summed E-state index contributed by atoms with van der Waals surface area (Å²) in [5.41, 5.74) is 1.52. The van der Waals surface area contributed by atoms with Gasteiger partial charge in [-0.1, -0.05) is 45.9 Å². The molecule has 0 spiro atoms. The Morgan fingerprint density at radius 1 is 1.17 bits per heavy atom. The second kappa shape index (κ2) is 9.07. The van der Waals surface area contributed by atoms with Crippen LogP contribution in [0.15, 0.2) is 29.7 Å². The van der Waals surface area contributed by atoms with Crippen LogP contribution >= 0.6 is 0 Å². The number of nitrogens with one attached hydrogen (secondary N) is 2. The molecule has 3 N–H and O–H groups in total. The summed E-state index contributed by atoms with van der Waals surface area (Å²) in [5, 5.41) is 12.9. The van der Waals surface area contributed by atoms with Gasteiger partial charge in [-0.3, -0.25) is 4.90 Å². The van der Waals surface area contributed by atoms with Crippen LogP contribution in [0.2, 0.25) is 0 Å². The number of sulfonamides is 1. The molecule has 0 saturated carbocycles. The molecular formula is C21H31N3O5S. The predicted molar refractivity (Wildman–Crippen MR) is 117 cm³/mol. The molecule has 1 aromatic carbocycles. The zero-order chi connectivity index (χ0) is 22.7. The van der Waals surface area contributed by atoms with Crippen molar-refractivity contribution in [2.24, 2.45) is 0 Å². The molecule has 1 fully saturated rings. The third-order valence-electron chi connectivity index (χ3n) is 5.36. The van der Waals surface area contributed by atoms with E-state index in [-0.39, 0.29) is 11.8 Å². The summed E-state index contributed by atoms with van der Waals surface area (Å²) in [7, 11) is -4.10. The molecule has 1 aromatic rings. The minimum Gasteiger partial charge on any atom is -0.465 e. The van der Waals surface area contributed by atoms with Crippen molar-refractivity contribution in [2.45, 2.75) is 64.8 Å². The number of amides is 3. The van der Waals surface area contributed by atoms with Gasteiger partial charge in [-0.05, 0) is 48.8 Å². The highest BCUT2D eigenvalue weighted by Gasteiger charge is 2.38. The maximum Gasteiger partial charge on any atom is 0.407 e. The van der Waals surface area contributed by atoms with Gasteiger partial charge in [-0.2, -0.15) is 0 Å². The van der Waals surface area contributed by atoms with Crippen molar-refractivity contribution in [2.75, 3.05) is 11.9 Å². The van der Waals surface area contributed by atoms with Crippen molar-refractivity contribution in [1.29, 1.82) is 0 Å². The Morgan fingerprint density at radius 2 is 1.73 bits per heavy atom. The number of para-hydroxylation sites is 1. The maximum atomic E-state index is 12.5. The normalized spacial score (nSPS) is 19.6. The molecule has 1 atom stereocenters. The number of anilines is 1. The maximum absolute atomic E-state index is 12.5. The summed E-state index contributed by atoms with van der Waals surface area (Å²) in [6.07, 6.45) is 1.38. The first-order chi connectivity index (χ1) is 13.9. The highest BCUT2D eigenvalue weighted by molar-refractivity contribution is 7.92. The van der Waals surface area contributed by atoms with Gasteiger partial charge in [0.15, 0.2) is 0 Å². The van der Waals surface area contributed by atoms with Crippen LogP contribution in [-0.2, 0) is 10.0 Å². The summed E-state index contributed by atoms with van der Waals surface area (Å²) in [4.78, 5) is 25.0. The van der Waals surface area contributed by atoms with Crippen molar-refractivity contribution < 1.29 is 23.1 Å². The first kappa shape index (κ1) is 23.7. The molecule has 2 rings (SSSR count). The second-order valence-electron chi connectivity index (χ2n) is 8.42. The van der Waals surface area contributed by atoms with Crippen LogP contribution in [0.4, 0.5) is 15.3 Å². The van der Waals surface area contributed by atoms with Gasteiger partial charge in [0.05, 0.1) is 5.54 Å². The average Bonchev–Trinajstić information content (AvgIpc) is 3.02. The van der Waals surface area contributed by atoms with Crippen molar-refractivity contribution in [3.05, 3.63) is 40.8 Å². The summed E-state index contributed by atoms with van der Waals surface area (Å²) in [6, 6.07) is 4.87. The molecule has 0 radical (unpaired) electrons. The summed E-state index contributed by atoms with van der Waals surface area (Å²) < 4.78 is 26.8. The van der Waals surface area contributed by atoms with Crippen LogP contribution in [0, 0.1) is 0 Å². The van der Waals surface area contributed by atoms with Gasteiger partial charge >= 0.3 is 12.1 Å². The van der Waals surface area contributed by atoms with E-state index in [0.29, 0.717) is 25.1 Å². The van der Waals surface area contributed by atoms with E-state index in [1.165, 1.54) is 11.0 Å². The van der Waals surface area contributed by atoms with E-state index >= 15 is 0 Å². The third-order valence-corrected chi connectivity index (χ3v) is 6.33. The fourth-order valence-electron chi connectivity index (χ4n) is 3.71. The topological polar surface area (TPSA) is 116 Å². The van der Waals surface area contributed by atoms with E-state index in [2.05, 4.69) is 5.32 Å². The molecular weight excluding hydrogens is 406 g/mol. The number of hydrogen-bond donors (Lipinski definition) is 3. The van der Waals surface area contributed by atoms with E-state index in [0.717, 1.165) is 16.5 Å². The minimum absolute atomic E-state index is 0.139. The Bertz CT molecular complexity index is 914. The number of benzene rings is 1. The van der Waals surface area contributed by atoms with Gasteiger partial charge in [0.1, 0.15) is 0 Å². The van der Waals surface area contributed by atoms with E-state index in [1.807, 2.05) is 50.6 Å². The molecule has 1 unspecified atom stereocenters. The van der Waals surface area contributed by atoms with Gasteiger partial charge < -0.3 is 10.4 Å². The average molecular weight is 438 g/mol. The van der Waals surface area contributed by atoms with Crippen molar-refractivity contribution in [3.8, 4) is 0 Å². The van der Waals surface area contributed by atoms with Crippen LogP contribution < -0.4 is 10.0 Å².